The Morgan fingerprint density at radius 3 is 2.22 bits per heavy atom. The van der Waals surface area contributed by atoms with Crippen LogP contribution in [0.3, 0.4) is 0 Å². The molecule has 3 fully saturated rings. The van der Waals surface area contributed by atoms with Gasteiger partial charge in [0.25, 0.3) is 0 Å². The smallest absolute Gasteiger partial charge is 0.0397 e. The molecule has 0 saturated carbocycles. The Morgan fingerprint density at radius 2 is 1.89 bits per heavy atom. The molecule has 0 amide bonds. The fourth-order valence-corrected chi connectivity index (χ4v) is 1.99. The van der Waals surface area contributed by atoms with Crippen molar-refractivity contribution in [2.45, 2.75) is 18.5 Å². The SMILES string of the molecule is NN1C2CC1CN(S)C2. The molecule has 2 atom stereocenters. The molecule has 2 N–H and O–H groups in total. The van der Waals surface area contributed by atoms with Gasteiger partial charge < -0.3 is 0 Å². The van der Waals surface area contributed by atoms with Gasteiger partial charge in [-0.15, -0.1) is 0 Å². The van der Waals surface area contributed by atoms with E-state index in [4.69, 9.17) is 5.84 Å². The lowest BCUT2D eigenvalue weighted by Gasteiger charge is -2.52. The van der Waals surface area contributed by atoms with Gasteiger partial charge in [-0.25, -0.2) is 5.01 Å². The molecule has 0 aromatic rings. The van der Waals surface area contributed by atoms with Crippen LogP contribution in [0.5, 0.6) is 0 Å². The van der Waals surface area contributed by atoms with E-state index in [1.807, 2.05) is 9.31 Å². The Hall–Kier alpha value is 0.230. The van der Waals surface area contributed by atoms with Crippen molar-refractivity contribution in [3.05, 3.63) is 0 Å². The molecule has 52 valence electrons. The molecule has 3 aliphatic rings. The lowest BCUT2D eigenvalue weighted by atomic mass is 9.92. The summed E-state index contributed by atoms with van der Waals surface area (Å²) in [4.78, 5) is 0. The van der Waals surface area contributed by atoms with E-state index in [0.717, 1.165) is 13.1 Å². The Bertz CT molecular complexity index is 117. The lowest BCUT2D eigenvalue weighted by Crippen LogP contribution is -2.69. The van der Waals surface area contributed by atoms with E-state index in [-0.39, 0.29) is 0 Å². The molecule has 9 heavy (non-hydrogen) atoms. The van der Waals surface area contributed by atoms with Gasteiger partial charge in [0, 0.05) is 25.2 Å². The number of piperidine rings is 1. The molecule has 2 unspecified atom stereocenters. The molecule has 0 spiro atoms. The number of nitrogens with zero attached hydrogens (tertiary/aromatic N) is 2. The number of hydrogen-bond acceptors (Lipinski definition) is 4. The highest BCUT2D eigenvalue weighted by Crippen LogP contribution is 2.28. The van der Waals surface area contributed by atoms with E-state index in [1.165, 1.54) is 6.42 Å². The van der Waals surface area contributed by atoms with Gasteiger partial charge in [0.05, 0.1) is 0 Å². The largest absolute Gasteiger partial charge is 0.268 e. The third-order valence-electron chi connectivity index (χ3n) is 2.23. The molecule has 2 bridgehead atoms. The van der Waals surface area contributed by atoms with Crippen LogP contribution in [-0.4, -0.2) is 34.5 Å². The Labute approximate surface area is 60.3 Å². The predicted molar refractivity (Wildman–Crippen MR) is 38.8 cm³/mol. The summed E-state index contributed by atoms with van der Waals surface area (Å²) in [5.74, 6) is 5.66. The average molecular weight is 145 g/mol. The summed E-state index contributed by atoms with van der Waals surface area (Å²) >= 11 is 4.24. The van der Waals surface area contributed by atoms with Crippen LogP contribution in [0.2, 0.25) is 0 Å². The monoisotopic (exact) mass is 145 g/mol. The molecule has 3 aliphatic heterocycles. The summed E-state index contributed by atoms with van der Waals surface area (Å²) in [5, 5.41) is 1.95. The molecule has 3 heterocycles. The second-order valence-corrected chi connectivity index (χ2v) is 3.43. The van der Waals surface area contributed by atoms with E-state index in [1.54, 1.807) is 0 Å². The van der Waals surface area contributed by atoms with E-state index in [2.05, 4.69) is 12.8 Å². The normalized spacial score (nSPS) is 44.7. The Kier molecular flexibility index (Phi) is 1.23. The van der Waals surface area contributed by atoms with E-state index >= 15 is 0 Å². The quantitative estimate of drug-likeness (QED) is 0.355. The maximum atomic E-state index is 5.66. The highest BCUT2D eigenvalue weighted by atomic mass is 32.1. The Balaban J connectivity index is 2.01. The lowest BCUT2D eigenvalue weighted by molar-refractivity contribution is -0.0407. The van der Waals surface area contributed by atoms with Gasteiger partial charge in [-0.1, -0.05) is 12.8 Å². The fraction of sp³-hybridized carbons (Fsp3) is 1.00. The predicted octanol–water partition coefficient (Wildman–Crippen LogP) is -0.537. The standard InChI is InChI=1S/C5H11N3S/c6-8-4-1-5(8)3-7(9)2-4/h4-5,9H,1-3,6H2. The van der Waals surface area contributed by atoms with Crippen molar-refractivity contribution >= 4 is 12.8 Å². The average Bonchev–Trinajstić information content (AvgIpc) is 1.87. The zero-order valence-corrected chi connectivity index (χ0v) is 6.09. The van der Waals surface area contributed by atoms with E-state index in [0.29, 0.717) is 12.1 Å². The number of thiol groups is 1. The van der Waals surface area contributed by atoms with Gasteiger partial charge in [-0.2, -0.15) is 0 Å². The maximum absolute atomic E-state index is 5.66. The summed E-state index contributed by atoms with van der Waals surface area (Å²) in [5.41, 5.74) is 0. The minimum atomic E-state index is 0.584. The van der Waals surface area contributed by atoms with Gasteiger partial charge in [0.1, 0.15) is 0 Å². The Morgan fingerprint density at radius 1 is 1.33 bits per heavy atom. The topological polar surface area (TPSA) is 32.5 Å². The molecule has 0 aromatic heterocycles. The van der Waals surface area contributed by atoms with Gasteiger partial charge >= 0.3 is 0 Å². The van der Waals surface area contributed by atoms with Crippen LogP contribution in [0.15, 0.2) is 0 Å². The van der Waals surface area contributed by atoms with Crippen LogP contribution in [0.1, 0.15) is 6.42 Å². The summed E-state index contributed by atoms with van der Waals surface area (Å²) in [6.45, 7) is 2.05. The van der Waals surface area contributed by atoms with Crippen molar-refractivity contribution in [2.24, 2.45) is 5.84 Å². The molecule has 0 aromatic carbocycles. The van der Waals surface area contributed by atoms with Crippen LogP contribution in [0.25, 0.3) is 0 Å². The van der Waals surface area contributed by atoms with Crippen LogP contribution >= 0.6 is 12.8 Å². The third kappa shape index (κ3) is 0.781. The van der Waals surface area contributed by atoms with Crippen LogP contribution in [0.4, 0.5) is 0 Å². The number of rotatable bonds is 0. The number of piperazine rings is 1. The molecular formula is C5H11N3S. The van der Waals surface area contributed by atoms with Crippen LogP contribution in [0, 0.1) is 0 Å². The summed E-state index contributed by atoms with van der Waals surface area (Å²) in [6, 6.07) is 1.17. The van der Waals surface area contributed by atoms with Gasteiger partial charge in [-0.05, 0) is 6.42 Å². The molecular weight excluding hydrogens is 134 g/mol. The first kappa shape index (κ1) is 5.97. The van der Waals surface area contributed by atoms with E-state index < -0.39 is 0 Å². The molecule has 0 aliphatic carbocycles. The van der Waals surface area contributed by atoms with Gasteiger partial charge in [-0.3, -0.25) is 10.1 Å². The molecule has 3 rings (SSSR count). The number of fused-ring (bicyclic) bond motifs is 2. The fourth-order valence-electron chi connectivity index (χ4n) is 1.62. The van der Waals surface area contributed by atoms with Gasteiger partial charge in [0.15, 0.2) is 0 Å². The van der Waals surface area contributed by atoms with Crippen LogP contribution in [-0.2, 0) is 0 Å². The minimum Gasteiger partial charge on any atom is -0.268 e. The maximum Gasteiger partial charge on any atom is 0.0397 e. The summed E-state index contributed by atoms with van der Waals surface area (Å²) in [7, 11) is 0. The molecule has 3 saturated heterocycles. The van der Waals surface area contributed by atoms with Crippen molar-refractivity contribution in [3.63, 3.8) is 0 Å². The minimum absolute atomic E-state index is 0.584. The summed E-state index contributed by atoms with van der Waals surface area (Å²) in [6.07, 6.45) is 1.27. The first-order chi connectivity index (χ1) is 4.27. The zero-order chi connectivity index (χ0) is 6.43. The van der Waals surface area contributed by atoms with E-state index in [9.17, 15) is 0 Å². The van der Waals surface area contributed by atoms with Crippen LogP contribution < -0.4 is 5.84 Å². The number of hydrogen-bond donors (Lipinski definition) is 2. The highest BCUT2D eigenvalue weighted by Gasteiger charge is 2.41. The third-order valence-corrected chi connectivity index (χ3v) is 2.56. The first-order valence-electron chi connectivity index (χ1n) is 3.24. The summed E-state index contributed by atoms with van der Waals surface area (Å²) < 4.78 is 2.04. The first-order valence-corrected chi connectivity index (χ1v) is 3.64. The van der Waals surface area contributed by atoms with Crippen molar-refractivity contribution in [2.75, 3.05) is 13.1 Å². The molecule has 0 radical (unpaired) electrons. The molecule has 4 heteroatoms. The number of hydrazine groups is 1. The second-order valence-electron chi connectivity index (χ2n) is 2.86. The van der Waals surface area contributed by atoms with Crippen molar-refractivity contribution < 1.29 is 0 Å². The highest BCUT2D eigenvalue weighted by molar-refractivity contribution is 7.77. The zero-order valence-electron chi connectivity index (χ0n) is 5.20. The number of nitrogens with two attached hydrogens (primary N) is 1. The van der Waals surface area contributed by atoms with Gasteiger partial charge in [0.2, 0.25) is 0 Å². The van der Waals surface area contributed by atoms with Crippen molar-refractivity contribution in [1.29, 1.82) is 0 Å². The van der Waals surface area contributed by atoms with Crippen molar-refractivity contribution in [1.82, 2.24) is 9.31 Å². The van der Waals surface area contributed by atoms with Crippen molar-refractivity contribution in [3.8, 4) is 0 Å². The second kappa shape index (κ2) is 1.85. The molecule has 3 nitrogen and oxygen atoms in total.